The molecule has 0 spiro atoms. The molecule has 0 aliphatic rings. The average Bonchev–Trinajstić information content (AvgIpc) is 3.27. The van der Waals surface area contributed by atoms with Crippen LogP contribution in [0.4, 0.5) is 0 Å². The Morgan fingerprint density at radius 1 is 1.08 bits per heavy atom. The quantitative estimate of drug-likeness (QED) is 0.438. The van der Waals surface area contributed by atoms with Crippen molar-refractivity contribution < 1.29 is 13.9 Å². The SMILES string of the molecule is Cc1ccc(-c2c3c[nH][nH]c3nc3c2oc2c(O)c(=O)ccc23)o1. The molecule has 0 fully saturated rings. The van der Waals surface area contributed by atoms with Gasteiger partial charge in [-0.25, -0.2) is 4.98 Å². The second-order valence-corrected chi connectivity index (χ2v) is 5.64. The zero-order chi connectivity index (χ0) is 16.4. The molecule has 4 aromatic heterocycles. The molecule has 5 aromatic rings. The highest BCUT2D eigenvalue weighted by Crippen LogP contribution is 2.40. The molecule has 0 saturated carbocycles. The first-order valence-electron chi connectivity index (χ1n) is 7.34. The van der Waals surface area contributed by atoms with E-state index in [1.165, 1.54) is 6.07 Å². The molecule has 5 rings (SSSR count). The number of phenolic OH excluding ortho intramolecular Hbond substituents is 1. The minimum absolute atomic E-state index is 0.131. The lowest BCUT2D eigenvalue weighted by Crippen LogP contribution is -1.95. The number of furan rings is 2. The van der Waals surface area contributed by atoms with Crippen LogP contribution in [0.3, 0.4) is 0 Å². The van der Waals surface area contributed by atoms with Crippen molar-refractivity contribution in [3.8, 4) is 17.1 Å². The minimum atomic E-state index is -0.490. The molecule has 24 heavy (non-hydrogen) atoms. The number of H-pyrrole nitrogens is 2. The first-order chi connectivity index (χ1) is 11.6. The molecular weight excluding hydrogens is 310 g/mol. The summed E-state index contributed by atoms with van der Waals surface area (Å²) in [7, 11) is 0. The third-order valence-corrected chi connectivity index (χ3v) is 4.14. The lowest BCUT2D eigenvalue weighted by Gasteiger charge is -2.00. The van der Waals surface area contributed by atoms with Crippen LogP contribution >= 0.6 is 0 Å². The Morgan fingerprint density at radius 2 is 1.96 bits per heavy atom. The number of hydrogen-bond acceptors (Lipinski definition) is 5. The Bertz CT molecular complexity index is 1300. The zero-order valence-corrected chi connectivity index (χ0v) is 12.5. The number of fused-ring (bicyclic) bond motifs is 4. The highest BCUT2D eigenvalue weighted by atomic mass is 16.4. The number of hydrogen-bond donors (Lipinski definition) is 3. The molecule has 1 aromatic carbocycles. The minimum Gasteiger partial charge on any atom is -0.502 e. The molecule has 0 unspecified atom stereocenters. The summed E-state index contributed by atoms with van der Waals surface area (Å²) in [6.07, 6.45) is 1.76. The Hall–Kier alpha value is -3.48. The van der Waals surface area contributed by atoms with Crippen LogP contribution in [-0.2, 0) is 0 Å². The number of phenols is 1. The summed E-state index contributed by atoms with van der Waals surface area (Å²) >= 11 is 0. The molecule has 0 bridgehead atoms. The van der Waals surface area contributed by atoms with E-state index in [0.29, 0.717) is 33.5 Å². The van der Waals surface area contributed by atoms with Crippen LogP contribution in [0.2, 0.25) is 0 Å². The van der Waals surface area contributed by atoms with Gasteiger partial charge in [0.1, 0.15) is 17.0 Å². The van der Waals surface area contributed by atoms with Crippen LogP contribution in [0.1, 0.15) is 5.76 Å². The number of aromatic amines is 2. The topological polar surface area (TPSA) is 108 Å². The van der Waals surface area contributed by atoms with Gasteiger partial charge in [-0.05, 0) is 31.2 Å². The fourth-order valence-electron chi connectivity index (χ4n) is 3.03. The van der Waals surface area contributed by atoms with Crippen LogP contribution < -0.4 is 5.43 Å². The molecule has 118 valence electrons. The smallest absolute Gasteiger partial charge is 0.224 e. The predicted octanol–water partition coefficient (Wildman–Crippen LogP) is 3.42. The normalized spacial score (nSPS) is 11.9. The second kappa shape index (κ2) is 4.29. The van der Waals surface area contributed by atoms with Crippen molar-refractivity contribution in [2.45, 2.75) is 6.92 Å². The highest BCUT2D eigenvalue weighted by molar-refractivity contribution is 6.14. The monoisotopic (exact) mass is 321 g/mol. The summed E-state index contributed by atoms with van der Waals surface area (Å²) in [6, 6.07) is 6.62. The number of benzene rings is 1. The third kappa shape index (κ3) is 1.55. The molecule has 0 aliphatic heterocycles. The fraction of sp³-hybridized carbons (Fsp3) is 0.0588. The van der Waals surface area contributed by atoms with E-state index >= 15 is 0 Å². The zero-order valence-electron chi connectivity index (χ0n) is 12.5. The van der Waals surface area contributed by atoms with Gasteiger partial charge in [0.25, 0.3) is 0 Å². The van der Waals surface area contributed by atoms with E-state index in [0.717, 1.165) is 11.1 Å². The molecule has 3 N–H and O–H groups in total. The maximum atomic E-state index is 11.7. The van der Waals surface area contributed by atoms with Gasteiger partial charge in [-0.2, -0.15) is 0 Å². The predicted molar refractivity (Wildman–Crippen MR) is 88.1 cm³/mol. The van der Waals surface area contributed by atoms with Crippen molar-refractivity contribution in [2.24, 2.45) is 0 Å². The summed E-state index contributed by atoms with van der Waals surface area (Å²) in [6.45, 7) is 1.86. The molecule has 0 saturated heterocycles. The van der Waals surface area contributed by atoms with E-state index in [-0.39, 0.29) is 5.58 Å². The Balaban J connectivity index is 2.05. The molecule has 0 aliphatic carbocycles. The van der Waals surface area contributed by atoms with Gasteiger partial charge >= 0.3 is 0 Å². The van der Waals surface area contributed by atoms with Gasteiger partial charge in [0.2, 0.25) is 11.2 Å². The standard InChI is InChI=1S/C17H11N3O4/c1-7-2-5-11(23-7)12-9-6-18-20-17(9)19-13-8-3-4-10(21)14(22)15(8)24-16(12)13/h2-6,22H,1H3,(H2,18,19,20). The van der Waals surface area contributed by atoms with Gasteiger partial charge in [0.15, 0.2) is 16.8 Å². The first-order valence-corrected chi connectivity index (χ1v) is 7.34. The molecular formula is C17H11N3O4. The Labute approximate surface area is 133 Å². The van der Waals surface area contributed by atoms with Crippen molar-refractivity contribution in [1.29, 1.82) is 0 Å². The molecule has 7 heteroatoms. The summed E-state index contributed by atoms with van der Waals surface area (Å²) in [5.41, 5.74) is 1.99. The van der Waals surface area contributed by atoms with E-state index in [1.54, 1.807) is 12.3 Å². The second-order valence-electron chi connectivity index (χ2n) is 5.64. The summed E-state index contributed by atoms with van der Waals surface area (Å²) in [5.74, 6) is 0.976. The van der Waals surface area contributed by atoms with E-state index in [2.05, 4.69) is 15.2 Å². The summed E-state index contributed by atoms with van der Waals surface area (Å²) in [5, 5.41) is 17.3. The molecule has 4 heterocycles. The Morgan fingerprint density at radius 3 is 2.75 bits per heavy atom. The van der Waals surface area contributed by atoms with Crippen LogP contribution in [0.25, 0.3) is 44.4 Å². The number of nitrogens with zero attached hydrogens (tertiary/aromatic N) is 1. The van der Waals surface area contributed by atoms with Crippen LogP contribution in [-0.4, -0.2) is 20.3 Å². The first kappa shape index (κ1) is 13.0. The van der Waals surface area contributed by atoms with Gasteiger partial charge in [0, 0.05) is 6.20 Å². The number of rotatable bonds is 1. The third-order valence-electron chi connectivity index (χ3n) is 4.14. The van der Waals surface area contributed by atoms with Crippen molar-refractivity contribution in [3.05, 3.63) is 46.4 Å². The van der Waals surface area contributed by atoms with E-state index in [9.17, 15) is 9.90 Å². The van der Waals surface area contributed by atoms with Crippen molar-refractivity contribution in [2.75, 3.05) is 0 Å². The maximum Gasteiger partial charge on any atom is 0.224 e. The van der Waals surface area contributed by atoms with Crippen molar-refractivity contribution in [3.63, 3.8) is 0 Å². The van der Waals surface area contributed by atoms with E-state index < -0.39 is 11.2 Å². The van der Waals surface area contributed by atoms with Gasteiger partial charge in [-0.15, -0.1) is 0 Å². The van der Waals surface area contributed by atoms with Gasteiger partial charge < -0.3 is 19.0 Å². The number of pyridine rings is 1. The summed E-state index contributed by atoms with van der Waals surface area (Å²) < 4.78 is 11.6. The average molecular weight is 321 g/mol. The summed E-state index contributed by atoms with van der Waals surface area (Å²) in [4.78, 5) is 16.2. The Kier molecular flexibility index (Phi) is 2.32. The molecule has 7 nitrogen and oxygen atoms in total. The van der Waals surface area contributed by atoms with Gasteiger partial charge in [-0.3, -0.25) is 9.89 Å². The number of nitrogens with one attached hydrogen (secondary N) is 2. The van der Waals surface area contributed by atoms with Crippen LogP contribution in [0, 0.1) is 6.92 Å². The van der Waals surface area contributed by atoms with Crippen molar-refractivity contribution in [1.82, 2.24) is 15.2 Å². The maximum absolute atomic E-state index is 11.7. The van der Waals surface area contributed by atoms with Gasteiger partial charge in [0.05, 0.1) is 16.3 Å². The lowest BCUT2D eigenvalue weighted by atomic mass is 10.1. The molecule has 0 radical (unpaired) electrons. The highest BCUT2D eigenvalue weighted by Gasteiger charge is 2.22. The van der Waals surface area contributed by atoms with Crippen molar-refractivity contribution >= 4 is 33.1 Å². The van der Waals surface area contributed by atoms with Gasteiger partial charge in [-0.1, -0.05) is 0 Å². The van der Waals surface area contributed by atoms with Crippen LogP contribution in [0.15, 0.2) is 44.1 Å². The fourth-order valence-corrected chi connectivity index (χ4v) is 3.03. The number of aryl methyl sites for hydroxylation is 1. The number of aromatic nitrogens is 3. The largest absolute Gasteiger partial charge is 0.502 e. The molecule has 0 amide bonds. The number of aromatic hydroxyl groups is 1. The molecule has 0 atom stereocenters. The lowest BCUT2D eigenvalue weighted by molar-refractivity contribution is 0.464. The van der Waals surface area contributed by atoms with E-state index in [4.69, 9.17) is 8.83 Å². The van der Waals surface area contributed by atoms with Crippen LogP contribution in [0.5, 0.6) is 5.75 Å². The van der Waals surface area contributed by atoms with E-state index in [1.807, 2.05) is 19.1 Å².